The second-order valence-electron chi connectivity index (χ2n) is 7.95. The fourth-order valence-corrected chi connectivity index (χ4v) is 4.89. The number of carbonyl (C=O) groups is 2. The maximum Gasteiger partial charge on any atom is 0.245 e. The van der Waals surface area contributed by atoms with Gasteiger partial charge in [-0.05, 0) is 29.3 Å². The summed E-state index contributed by atoms with van der Waals surface area (Å²) in [6, 6.07) is 9.82. The van der Waals surface area contributed by atoms with Crippen molar-refractivity contribution in [3.8, 4) is 17.2 Å². The first-order valence-electron chi connectivity index (χ1n) is 9.81. The molecule has 4 heterocycles. The first-order chi connectivity index (χ1) is 14.5. The number of hydrogen-bond donors (Lipinski definition) is 2. The van der Waals surface area contributed by atoms with E-state index in [1.165, 1.54) is 4.90 Å². The lowest BCUT2D eigenvalue weighted by Crippen LogP contribution is -2.62. The summed E-state index contributed by atoms with van der Waals surface area (Å²) in [7, 11) is 1.66. The van der Waals surface area contributed by atoms with Gasteiger partial charge in [-0.15, -0.1) is 0 Å². The fraction of sp³-hybridized carbons (Fsp3) is 0.273. The van der Waals surface area contributed by atoms with Gasteiger partial charge in [0.2, 0.25) is 18.6 Å². The van der Waals surface area contributed by atoms with Crippen LogP contribution in [0.3, 0.4) is 0 Å². The number of likely N-dealkylation sites (N-methyl/N-ethyl adjacent to an activating group) is 1. The summed E-state index contributed by atoms with van der Waals surface area (Å²) >= 11 is 0. The topological polar surface area (TPSA) is 95.1 Å². The minimum Gasteiger partial charge on any atom is -0.506 e. The van der Waals surface area contributed by atoms with Crippen molar-refractivity contribution in [1.82, 2.24) is 14.8 Å². The largest absolute Gasteiger partial charge is 0.506 e. The number of phenols is 1. The number of hydrogen-bond acceptors (Lipinski definition) is 5. The van der Waals surface area contributed by atoms with Gasteiger partial charge in [0.25, 0.3) is 0 Å². The van der Waals surface area contributed by atoms with Crippen molar-refractivity contribution in [2.24, 2.45) is 0 Å². The van der Waals surface area contributed by atoms with Crippen LogP contribution in [0.4, 0.5) is 0 Å². The van der Waals surface area contributed by atoms with E-state index >= 15 is 0 Å². The van der Waals surface area contributed by atoms with Crippen molar-refractivity contribution in [2.75, 3.05) is 20.4 Å². The Labute approximate surface area is 171 Å². The number of rotatable bonds is 1. The molecule has 3 aliphatic heterocycles. The van der Waals surface area contributed by atoms with Gasteiger partial charge in [-0.1, -0.05) is 18.2 Å². The average Bonchev–Trinajstić information content (AvgIpc) is 3.35. The second kappa shape index (κ2) is 5.91. The number of aromatic nitrogens is 1. The van der Waals surface area contributed by atoms with E-state index in [4.69, 9.17) is 9.47 Å². The Kier molecular flexibility index (Phi) is 3.39. The van der Waals surface area contributed by atoms with Gasteiger partial charge < -0.3 is 29.4 Å². The number of H-pyrrole nitrogens is 1. The first kappa shape index (κ1) is 17.2. The van der Waals surface area contributed by atoms with Gasteiger partial charge in [0.05, 0.1) is 18.1 Å². The number of aromatic amines is 1. The molecule has 1 fully saturated rings. The van der Waals surface area contributed by atoms with Gasteiger partial charge >= 0.3 is 0 Å². The summed E-state index contributed by atoms with van der Waals surface area (Å²) in [4.78, 5) is 32.6. The highest BCUT2D eigenvalue weighted by Gasteiger charge is 2.47. The van der Waals surface area contributed by atoms with E-state index in [-0.39, 0.29) is 30.9 Å². The van der Waals surface area contributed by atoms with E-state index in [0.29, 0.717) is 23.4 Å². The van der Waals surface area contributed by atoms with Crippen LogP contribution in [-0.2, 0) is 16.0 Å². The zero-order chi connectivity index (χ0) is 20.6. The van der Waals surface area contributed by atoms with Gasteiger partial charge in [0.1, 0.15) is 11.8 Å². The van der Waals surface area contributed by atoms with E-state index in [0.717, 1.165) is 22.2 Å². The number of nitrogens with one attached hydrogen (secondary N) is 1. The third-order valence-corrected chi connectivity index (χ3v) is 6.27. The van der Waals surface area contributed by atoms with Crippen LogP contribution in [-0.4, -0.2) is 58.1 Å². The lowest BCUT2D eigenvalue weighted by atomic mass is 9.86. The minimum atomic E-state index is -0.597. The van der Waals surface area contributed by atoms with Gasteiger partial charge in [0, 0.05) is 24.5 Å². The first-order valence-corrected chi connectivity index (χ1v) is 9.81. The highest BCUT2D eigenvalue weighted by molar-refractivity contribution is 5.98. The molecule has 3 aromatic rings. The Bertz CT molecular complexity index is 1230. The van der Waals surface area contributed by atoms with Crippen molar-refractivity contribution in [2.45, 2.75) is 18.5 Å². The standard InChI is InChI=1S/C22H19N3O5/c1-24-9-18(27)25-14(22(24)28)8-13-12-3-2-4-15(26)19(12)23-20(13)21(25)11-5-6-16-17(7-11)30-10-29-16/h2-7,14,21,23,26H,8-10H2,1H3/t14-,21-/m1/s1. The lowest BCUT2D eigenvalue weighted by Gasteiger charge is -2.46. The SMILES string of the molecule is CN1CC(=O)N2[C@H](c3ccc4c(c3)OCO4)c3[nH]c4c(O)cccc4c3C[C@@H]2C1=O. The Balaban J connectivity index is 1.61. The van der Waals surface area contributed by atoms with Crippen LogP contribution in [0.1, 0.15) is 22.9 Å². The van der Waals surface area contributed by atoms with Gasteiger partial charge in [-0.2, -0.15) is 0 Å². The van der Waals surface area contributed by atoms with Crippen LogP contribution in [0, 0.1) is 0 Å². The molecule has 3 aliphatic rings. The number of fused-ring (bicyclic) bond motifs is 5. The Morgan fingerprint density at radius 1 is 1.13 bits per heavy atom. The third-order valence-electron chi connectivity index (χ3n) is 6.27. The van der Waals surface area contributed by atoms with Crippen LogP contribution in [0.5, 0.6) is 17.2 Å². The molecular weight excluding hydrogens is 386 g/mol. The summed E-state index contributed by atoms with van der Waals surface area (Å²) in [6.07, 6.45) is 0.398. The van der Waals surface area contributed by atoms with Crippen molar-refractivity contribution >= 4 is 22.7 Å². The van der Waals surface area contributed by atoms with Gasteiger partial charge in [-0.25, -0.2) is 0 Å². The van der Waals surface area contributed by atoms with E-state index < -0.39 is 12.1 Å². The van der Waals surface area contributed by atoms with Crippen molar-refractivity contribution in [1.29, 1.82) is 0 Å². The summed E-state index contributed by atoms with van der Waals surface area (Å²) < 4.78 is 11.0. The number of piperazine rings is 1. The van der Waals surface area contributed by atoms with Crippen molar-refractivity contribution in [3.63, 3.8) is 0 Å². The van der Waals surface area contributed by atoms with E-state index in [9.17, 15) is 14.7 Å². The number of carbonyl (C=O) groups excluding carboxylic acids is 2. The number of nitrogens with zero attached hydrogens (tertiary/aromatic N) is 2. The predicted octanol–water partition coefficient (Wildman–Crippen LogP) is 1.92. The molecule has 2 N–H and O–H groups in total. The number of para-hydroxylation sites is 1. The summed E-state index contributed by atoms with van der Waals surface area (Å²) in [6.45, 7) is 0.195. The predicted molar refractivity (Wildman–Crippen MR) is 106 cm³/mol. The smallest absolute Gasteiger partial charge is 0.245 e. The molecule has 0 bridgehead atoms. The third kappa shape index (κ3) is 2.21. The highest BCUT2D eigenvalue weighted by atomic mass is 16.7. The van der Waals surface area contributed by atoms with Crippen LogP contribution >= 0.6 is 0 Å². The van der Waals surface area contributed by atoms with Gasteiger partial charge in [0.15, 0.2) is 11.5 Å². The molecule has 8 heteroatoms. The molecule has 0 radical (unpaired) electrons. The number of phenolic OH excluding ortho intramolecular Hbond substituents is 1. The number of ether oxygens (including phenoxy) is 2. The molecule has 2 atom stereocenters. The molecule has 0 unspecified atom stereocenters. The van der Waals surface area contributed by atoms with Crippen LogP contribution in [0.2, 0.25) is 0 Å². The normalized spacial score (nSPS) is 22.4. The Morgan fingerprint density at radius 2 is 1.97 bits per heavy atom. The van der Waals surface area contributed by atoms with Crippen LogP contribution in [0.25, 0.3) is 10.9 Å². The van der Waals surface area contributed by atoms with E-state index in [1.807, 2.05) is 24.3 Å². The van der Waals surface area contributed by atoms with Gasteiger partial charge in [-0.3, -0.25) is 9.59 Å². The maximum atomic E-state index is 13.1. The molecule has 0 aliphatic carbocycles. The Hall–Kier alpha value is -3.68. The lowest BCUT2D eigenvalue weighted by molar-refractivity contribution is -0.157. The molecular formula is C22H19N3O5. The Morgan fingerprint density at radius 3 is 2.83 bits per heavy atom. The molecule has 30 heavy (non-hydrogen) atoms. The number of benzene rings is 2. The van der Waals surface area contributed by atoms with Crippen molar-refractivity contribution in [3.05, 3.63) is 53.2 Å². The van der Waals surface area contributed by atoms with E-state index in [1.54, 1.807) is 24.1 Å². The minimum absolute atomic E-state index is 0.0389. The summed E-state index contributed by atoms with van der Waals surface area (Å²) in [5.74, 6) is 1.21. The summed E-state index contributed by atoms with van der Waals surface area (Å²) in [5, 5.41) is 11.2. The maximum absolute atomic E-state index is 13.1. The number of aromatic hydroxyl groups is 1. The van der Waals surface area contributed by atoms with E-state index in [2.05, 4.69) is 4.98 Å². The molecule has 8 nitrogen and oxygen atoms in total. The molecule has 0 saturated carbocycles. The molecule has 0 spiro atoms. The monoisotopic (exact) mass is 405 g/mol. The zero-order valence-corrected chi connectivity index (χ0v) is 16.2. The van der Waals surface area contributed by atoms with Crippen LogP contribution < -0.4 is 9.47 Å². The quantitative estimate of drug-likeness (QED) is 0.645. The zero-order valence-electron chi connectivity index (χ0n) is 16.2. The molecule has 1 aromatic heterocycles. The molecule has 1 saturated heterocycles. The molecule has 2 aromatic carbocycles. The molecule has 6 rings (SSSR count). The van der Waals surface area contributed by atoms with Crippen molar-refractivity contribution < 1.29 is 24.2 Å². The molecule has 2 amide bonds. The second-order valence-corrected chi connectivity index (χ2v) is 7.95. The fourth-order valence-electron chi connectivity index (χ4n) is 4.89. The van der Waals surface area contributed by atoms with Crippen LogP contribution in [0.15, 0.2) is 36.4 Å². The number of amides is 2. The average molecular weight is 405 g/mol. The highest BCUT2D eigenvalue weighted by Crippen LogP contribution is 2.45. The molecule has 152 valence electrons. The summed E-state index contributed by atoms with van der Waals surface area (Å²) in [5.41, 5.74) is 3.19.